The van der Waals surface area contributed by atoms with Gasteiger partial charge in [-0.3, -0.25) is 14.7 Å². The molecule has 1 fully saturated rings. The first kappa shape index (κ1) is 24.8. The predicted molar refractivity (Wildman–Crippen MR) is 136 cm³/mol. The normalized spacial score (nSPS) is 14.6. The molecule has 4 rings (SSSR count). The number of likely N-dealkylation sites (N-methyl/N-ethyl adjacent to an activating group) is 1. The van der Waals surface area contributed by atoms with Crippen LogP contribution in [0.25, 0.3) is 11.1 Å². The van der Waals surface area contributed by atoms with Gasteiger partial charge in [-0.15, -0.1) is 0 Å². The Morgan fingerprint density at radius 2 is 1.91 bits per heavy atom. The highest BCUT2D eigenvalue weighted by Crippen LogP contribution is 2.26. The molecule has 1 aliphatic rings. The van der Waals surface area contributed by atoms with E-state index >= 15 is 0 Å². The molecule has 2 heterocycles. The van der Waals surface area contributed by atoms with Gasteiger partial charge >= 0.3 is 0 Å². The van der Waals surface area contributed by atoms with Crippen LogP contribution in [0.15, 0.2) is 60.8 Å². The molecule has 35 heavy (non-hydrogen) atoms. The molecule has 3 aromatic rings. The first-order valence-electron chi connectivity index (χ1n) is 12.1. The molecule has 1 aliphatic heterocycles. The number of aromatic nitrogens is 1. The fourth-order valence-electron chi connectivity index (χ4n) is 4.18. The number of hydrogen-bond donors (Lipinski definition) is 1. The van der Waals surface area contributed by atoms with Crippen LogP contribution in [0, 0.1) is 12.7 Å². The van der Waals surface area contributed by atoms with Crippen molar-refractivity contribution in [2.75, 3.05) is 46.4 Å². The highest BCUT2D eigenvalue weighted by Gasteiger charge is 2.13. The van der Waals surface area contributed by atoms with Gasteiger partial charge in [0.2, 0.25) is 5.91 Å². The topological polar surface area (TPSA) is 57.7 Å². The summed E-state index contributed by atoms with van der Waals surface area (Å²) in [6.07, 6.45) is 1.97. The number of halogens is 1. The largest absolute Gasteiger partial charge is 0.492 e. The van der Waals surface area contributed by atoms with Crippen molar-refractivity contribution in [2.45, 2.75) is 19.9 Å². The van der Waals surface area contributed by atoms with Gasteiger partial charge in [-0.25, -0.2) is 4.39 Å². The number of pyridine rings is 1. The zero-order valence-corrected chi connectivity index (χ0v) is 20.5. The van der Waals surface area contributed by atoms with Crippen molar-refractivity contribution in [3.63, 3.8) is 0 Å². The van der Waals surface area contributed by atoms with Gasteiger partial charge in [0.25, 0.3) is 0 Å². The summed E-state index contributed by atoms with van der Waals surface area (Å²) in [4.78, 5) is 21.5. The van der Waals surface area contributed by atoms with E-state index in [1.165, 1.54) is 12.1 Å². The van der Waals surface area contributed by atoms with Gasteiger partial charge in [-0.1, -0.05) is 24.3 Å². The van der Waals surface area contributed by atoms with Gasteiger partial charge < -0.3 is 15.0 Å². The number of amides is 1. The highest BCUT2D eigenvalue weighted by atomic mass is 19.1. The molecule has 1 aromatic heterocycles. The Balaban J connectivity index is 1.26. The second-order valence-electron chi connectivity index (χ2n) is 9.09. The van der Waals surface area contributed by atoms with Crippen molar-refractivity contribution < 1.29 is 13.9 Å². The Kier molecular flexibility index (Phi) is 8.45. The Labute approximate surface area is 206 Å². The third-order valence-corrected chi connectivity index (χ3v) is 6.33. The van der Waals surface area contributed by atoms with Gasteiger partial charge in [0.05, 0.1) is 6.42 Å². The molecule has 0 aliphatic carbocycles. The standard InChI is InChI=1S/C28H33FN4O2/c1-21-16-26(35-15-14-33-12-10-32(2)11-13-33)8-9-27(21)23-6-7-25(30-20-23)18-28(34)31-19-22-4-3-5-24(29)17-22/h3-9,16-17,20H,10-15,18-19H2,1-2H3,(H,31,34). The van der Waals surface area contributed by atoms with Crippen LogP contribution in [0.2, 0.25) is 0 Å². The number of carbonyl (C=O) groups excluding carboxylic acids is 1. The second kappa shape index (κ2) is 11.9. The lowest BCUT2D eigenvalue weighted by molar-refractivity contribution is -0.120. The molecule has 1 N–H and O–H groups in total. The van der Waals surface area contributed by atoms with E-state index in [1.54, 1.807) is 18.3 Å². The van der Waals surface area contributed by atoms with E-state index in [2.05, 4.69) is 46.2 Å². The SMILES string of the molecule is Cc1cc(OCCN2CCN(C)CC2)ccc1-c1ccc(CC(=O)NCc2cccc(F)c2)nc1. The summed E-state index contributed by atoms with van der Waals surface area (Å²) in [7, 11) is 2.16. The third-order valence-electron chi connectivity index (χ3n) is 6.33. The van der Waals surface area contributed by atoms with Crippen molar-refractivity contribution in [1.29, 1.82) is 0 Å². The van der Waals surface area contributed by atoms with Crippen LogP contribution < -0.4 is 10.1 Å². The van der Waals surface area contributed by atoms with E-state index in [-0.39, 0.29) is 24.7 Å². The fourth-order valence-corrected chi connectivity index (χ4v) is 4.18. The van der Waals surface area contributed by atoms with E-state index in [0.717, 1.165) is 60.7 Å². The number of piperazine rings is 1. The lowest BCUT2D eigenvalue weighted by Gasteiger charge is -2.32. The summed E-state index contributed by atoms with van der Waals surface area (Å²) in [5.41, 5.74) is 4.61. The maximum atomic E-state index is 13.3. The minimum Gasteiger partial charge on any atom is -0.492 e. The molecule has 6 nitrogen and oxygen atoms in total. The minimum atomic E-state index is -0.311. The molecular weight excluding hydrogens is 443 g/mol. The summed E-state index contributed by atoms with van der Waals surface area (Å²) < 4.78 is 19.3. The number of ether oxygens (including phenoxy) is 1. The Morgan fingerprint density at radius 3 is 2.63 bits per heavy atom. The van der Waals surface area contributed by atoms with Crippen LogP contribution >= 0.6 is 0 Å². The van der Waals surface area contributed by atoms with Crippen molar-refractivity contribution in [3.05, 3.63) is 83.4 Å². The molecule has 0 unspecified atom stereocenters. The fraction of sp³-hybridized carbons (Fsp3) is 0.357. The molecule has 184 valence electrons. The monoisotopic (exact) mass is 476 g/mol. The molecule has 0 spiro atoms. The quantitative estimate of drug-likeness (QED) is 0.511. The first-order chi connectivity index (χ1) is 17.0. The molecule has 7 heteroatoms. The Morgan fingerprint density at radius 1 is 1.09 bits per heavy atom. The van der Waals surface area contributed by atoms with Crippen LogP contribution in [0.3, 0.4) is 0 Å². The molecule has 2 aromatic carbocycles. The average Bonchev–Trinajstić information content (AvgIpc) is 2.85. The molecule has 0 saturated carbocycles. The summed E-state index contributed by atoms with van der Waals surface area (Å²) in [6.45, 7) is 8.38. The van der Waals surface area contributed by atoms with Crippen molar-refractivity contribution in [3.8, 4) is 16.9 Å². The van der Waals surface area contributed by atoms with Crippen LogP contribution in [-0.2, 0) is 17.8 Å². The smallest absolute Gasteiger partial charge is 0.226 e. The maximum absolute atomic E-state index is 13.3. The summed E-state index contributed by atoms with van der Waals surface area (Å²) >= 11 is 0. The number of nitrogens with one attached hydrogen (secondary N) is 1. The molecule has 0 bridgehead atoms. The van der Waals surface area contributed by atoms with Crippen molar-refractivity contribution >= 4 is 5.91 Å². The van der Waals surface area contributed by atoms with E-state index in [1.807, 2.05) is 18.2 Å². The van der Waals surface area contributed by atoms with E-state index in [0.29, 0.717) is 12.3 Å². The predicted octanol–water partition coefficient (Wildman–Crippen LogP) is 3.68. The zero-order valence-electron chi connectivity index (χ0n) is 20.5. The summed E-state index contributed by atoms with van der Waals surface area (Å²) in [5.74, 6) is 0.415. The molecule has 0 radical (unpaired) electrons. The number of nitrogens with zero attached hydrogens (tertiary/aromatic N) is 3. The van der Waals surface area contributed by atoms with E-state index in [4.69, 9.17) is 4.74 Å². The van der Waals surface area contributed by atoms with Crippen LogP contribution in [0.1, 0.15) is 16.8 Å². The first-order valence-corrected chi connectivity index (χ1v) is 12.1. The van der Waals surface area contributed by atoms with E-state index < -0.39 is 0 Å². The molecular formula is C28H33FN4O2. The van der Waals surface area contributed by atoms with E-state index in [9.17, 15) is 9.18 Å². The van der Waals surface area contributed by atoms with Crippen LogP contribution in [0.4, 0.5) is 4.39 Å². The summed E-state index contributed by atoms with van der Waals surface area (Å²) in [6, 6.07) is 16.2. The zero-order chi connectivity index (χ0) is 24.6. The Bertz CT molecular complexity index is 1130. The number of aryl methyl sites for hydroxylation is 1. The van der Waals surface area contributed by atoms with Crippen molar-refractivity contribution in [1.82, 2.24) is 20.1 Å². The van der Waals surface area contributed by atoms with Crippen LogP contribution in [-0.4, -0.2) is 67.1 Å². The van der Waals surface area contributed by atoms with Gasteiger partial charge in [0.1, 0.15) is 18.2 Å². The number of carbonyl (C=O) groups is 1. The average molecular weight is 477 g/mol. The second-order valence-corrected chi connectivity index (χ2v) is 9.09. The maximum Gasteiger partial charge on any atom is 0.226 e. The van der Waals surface area contributed by atoms with Gasteiger partial charge in [0, 0.05) is 56.7 Å². The molecule has 0 atom stereocenters. The number of rotatable bonds is 9. The lowest BCUT2D eigenvalue weighted by Crippen LogP contribution is -2.45. The minimum absolute atomic E-state index is 0.149. The third kappa shape index (κ3) is 7.34. The lowest BCUT2D eigenvalue weighted by atomic mass is 10.0. The highest BCUT2D eigenvalue weighted by molar-refractivity contribution is 5.78. The summed E-state index contributed by atoms with van der Waals surface area (Å²) in [5, 5.41) is 2.81. The van der Waals surface area contributed by atoms with Gasteiger partial charge in [-0.2, -0.15) is 0 Å². The van der Waals surface area contributed by atoms with Gasteiger partial charge in [0.15, 0.2) is 0 Å². The molecule has 1 amide bonds. The number of benzene rings is 2. The van der Waals surface area contributed by atoms with Gasteiger partial charge in [-0.05, 0) is 61.0 Å². The molecule has 1 saturated heterocycles. The van der Waals surface area contributed by atoms with Crippen LogP contribution in [0.5, 0.6) is 5.75 Å². The Hall–Kier alpha value is -3.29. The number of hydrogen-bond acceptors (Lipinski definition) is 5. The van der Waals surface area contributed by atoms with Crippen molar-refractivity contribution in [2.24, 2.45) is 0 Å².